The van der Waals surface area contributed by atoms with E-state index in [1.165, 1.54) is 6.07 Å². The predicted molar refractivity (Wildman–Crippen MR) is 89.5 cm³/mol. The van der Waals surface area contributed by atoms with Crippen LogP contribution in [-0.4, -0.2) is 34.0 Å². The van der Waals surface area contributed by atoms with Gasteiger partial charge in [-0.25, -0.2) is 0 Å². The maximum atomic E-state index is 12.6. The molecule has 1 amide bonds. The lowest BCUT2D eigenvalue weighted by Gasteiger charge is -2.24. The van der Waals surface area contributed by atoms with Crippen molar-refractivity contribution in [3.63, 3.8) is 0 Å². The van der Waals surface area contributed by atoms with Crippen LogP contribution in [0.3, 0.4) is 0 Å². The molecule has 0 spiro atoms. The fourth-order valence-corrected chi connectivity index (χ4v) is 2.45. The van der Waals surface area contributed by atoms with Gasteiger partial charge in [0.1, 0.15) is 0 Å². The molecule has 5 nitrogen and oxygen atoms in total. The van der Waals surface area contributed by atoms with E-state index in [1.807, 2.05) is 38.1 Å². The summed E-state index contributed by atoms with van der Waals surface area (Å²) in [6.07, 6.45) is -0.761. The lowest BCUT2D eigenvalue weighted by molar-refractivity contribution is 0.0634. The molecule has 0 saturated carbocycles. The fraction of sp³-hybridized carbons (Fsp3) is 0.333. The van der Waals surface area contributed by atoms with E-state index in [0.29, 0.717) is 17.8 Å². The van der Waals surface area contributed by atoms with Crippen LogP contribution < -0.4 is 5.56 Å². The Bertz CT molecular complexity index is 735. The third kappa shape index (κ3) is 4.29. The second-order valence-electron chi connectivity index (χ2n) is 5.69. The number of pyridine rings is 1. The number of carbonyl (C=O) groups excluding carboxylic acids is 1. The number of benzene rings is 1. The molecule has 2 N–H and O–H groups in total. The first-order valence-corrected chi connectivity index (χ1v) is 7.65. The van der Waals surface area contributed by atoms with E-state index in [0.717, 1.165) is 11.1 Å². The number of likely N-dealkylation sites (N-methyl/N-ethyl adjacent to an activating group) is 1. The first-order valence-electron chi connectivity index (χ1n) is 7.65. The van der Waals surface area contributed by atoms with Crippen molar-refractivity contribution in [2.45, 2.75) is 26.9 Å². The molecule has 122 valence electrons. The molecule has 0 aliphatic heterocycles. The van der Waals surface area contributed by atoms with E-state index in [9.17, 15) is 14.7 Å². The van der Waals surface area contributed by atoms with E-state index in [2.05, 4.69) is 4.98 Å². The Morgan fingerprint density at radius 2 is 1.87 bits per heavy atom. The van der Waals surface area contributed by atoms with Gasteiger partial charge in [0, 0.05) is 23.9 Å². The second-order valence-corrected chi connectivity index (χ2v) is 5.69. The van der Waals surface area contributed by atoms with Crippen LogP contribution >= 0.6 is 0 Å². The molecular weight excluding hydrogens is 292 g/mol. The minimum Gasteiger partial charge on any atom is -0.387 e. The number of amides is 1. The van der Waals surface area contributed by atoms with Crippen LogP contribution in [0.25, 0.3) is 0 Å². The van der Waals surface area contributed by atoms with Crippen molar-refractivity contribution in [3.8, 4) is 0 Å². The van der Waals surface area contributed by atoms with E-state index >= 15 is 0 Å². The van der Waals surface area contributed by atoms with Crippen molar-refractivity contribution in [2.24, 2.45) is 0 Å². The van der Waals surface area contributed by atoms with Crippen molar-refractivity contribution in [3.05, 3.63) is 69.1 Å². The summed E-state index contributed by atoms with van der Waals surface area (Å²) < 4.78 is 0. The molecule has 0 fully saturated rings. The number of hydrogen-bond acceptors (Lipinski definition) is 3. The highest BCUT2D eigenvalue weighted by atomic mass is 16.3. The summed E-state index contributed by atoms with van der Waals surface area (Å²) >= 11 is 0. The molecule has 1 atom stereocenters. The highest BCUT2D eigenvalue weighted by molar-refractivity contribution is 5.94. The summed E-state index contributed by atoms with van der Waals surface area (Å²) in [6.45, 7) is 6.19. The number of carbonyl (C=O) groups is 1. The third-order valence-corrected chi connectivity index (χ3v) is 3.75. The zero-order valence-electron chi connectivity index (χ0n) is 13.7. The molecule has 0 saturated heterocycles. The largest absolute Gasteiger partial charge is 0.387 e. The van der Waals surface area contributed by atoms with Crippen molar-refractivity contribution in [1.29, 1.82) is 0 Å². The molecule has 2 rings (SSSR count). The topological polar surface area (TPSA) is 73.4 Å². The first kappa shape index (κ1) is 17.0. The minimum atomic E-state index is -0.761. The molecule has 23 heavy (non-hydrogen) atoms. The van der Waals surface area contributed by atoms with E-state index < -0.39 is 6.10 Å². The van der Waals surface area contributed by atoms with Crippen LogP contribution in [0.2, 0.25) is 0 Å². The monoisotopic (exact) mass is 314 g/mol. The maximum absolute atomic E-state index is 12.6. The van der Waals surface area contributed by atoms with Gasteiger partial charge < -0.3 is 15.0 Å². The Morgan fingerprint density at radius 1 is 1.22 bits per heavy atom. The summed E-state index contributed by atoms with van der Waals surface area (Å²) in [5.41, 5.74) is 2.55. The predicted octanol–water partition coefficient (Wildman–Crippen LogP) is 2.19. The molecule has 1 aromatic carbocycles. The molecular formula is C18H22N2O3. The Hall–Kier alpha value is -2.40. The Labute approximate surface area is 135 Å². The van der Waals surface area contributed by atoms with Crippen molar-refractivity contribution in [1.82, 2.24) is 9.88 Å². The SMILES string of the molecule is CCN(CC(O)c1ccc(C)cc1)C(=O)c1cc(C)[nH]c(=O)c1. The number of aryl methyl sites for hydroxylation is 2. The molecule has 5 heteroatoms. The molecule has 0 aliphatic rings. The van der Waals surface area contributed by atoms with Crippen LogP contribution in [0.4, 0.5) is 0 Å². The summed E-state index contributed by atoms with van der Waals surface area (Å²) in [5.74, 6) is -0.257. The highest BCUT2D eigenvalue weighted by Gasteiger charge is 2.19. The van der Waals surface area contributed by atoms with E-state index in [1.54, 1.807) is 17.9 Å². The van der Waals surface area contributed by atoms with Gasteiger partial charge in [-0.05, 0) is 32.4 Å². The van der Waals surface area contributed by atoms with Gasteiger partial charge >= 0.3 is 0 Å². The van der Waals surface area contributed by atoms with Crippen LogP contribution in [0, 0.1) is 13.8 Å². The average molecular weight is 314 g/mol. The molecule has 2 aromatic rings. The van der Waals surface area contributed by atoms with Crippen LogP contribution in [-0.2, 0) is 0 Å². The smallest absolute Gasteiger partial charge is 0.254 e. The number of rotatable bonds is 5. The van der Waals surface area contributed by atoms with Crippen LogP contribution in [0.1, 0.15) is 40.2 Å². The van der Waals surface area contributed by atoms with Gasteiger partial charge in [-0.2, -0.15) is 0 Å². The van der Waals surface area contributed by atoms with Gasteiger partial charge in [0.25, 0.3) is 5.91 Å². The molecule has 1 unspecified atom stereocenters. The minimum absolute atomic E-state index is 0.185. The number of aliphatic hydroxyl groups excluding tert-OH is 1. The van der Waals surface area contributed by atoms with Crippen molar-refractivity contribution in [2.75, 3.05) is 13.1 Å². The number of aromatic amines is 1. The number of hydrogen-bond donors (Lipinski definition) is 2. The number of aliphatic hydroxyl groups is 1. The Kier molecular flexibility index (Phi) is 5.34. The normalized spacial score (nSPS) is 12.0. The molecule has 1 aromatic heterocycles. The molecule has 1 heterocycles. The lowest BCUT2D eigenvalue weighted by atomic mass is 10.1. The number of aromatic nitrogens is 1. The lowest BCUT2D eigenvalue weighted by Crippen LogP contribution is -2.35. The average Bonchev–Trinajstić information content (AvgIpc) is 2.51. The third-order valence-electron chi connectivity index (χ3n) is 3.75. The Balaban J connectivity index is 2.17. The first-order chi connectivity index (χ1) is 10.9. The van der Waals surface area contributed by atoms with Gasteiger partial charge in [-0.15, -0.1) is 0 Å². The highest BCUT2D eigenvalue weighted by Crippen LogP contribution is 2.16. The Morgan fingerprint density at radius 3 is 2.43 bits per heavy atom. The van der Waals surface area contributed by atoms with Crippen molar-refractivity contribution >= 4 is 5.91 Å². The molecule has 0 bridgehead atoms. The number of nitrogens with zero attached hydrogens (tertiary/aromatic N) is 1. The van der Waals surface area contributed by atoms with Gasteiger partial charge in [0.05, 0.1) is 12.6 Å². The standard InChI is InChI=1S/C18H22N2O3/c1-4-20(11-16(21)14-7-5-12(2)6-8-14)18(23)15-9-13(3)19-17(22)10-15/h5-10,16,21H,4,11H2,1-3H3,(H,19,22). The summed E-state index contributed by atoms with van der Waals surface area (Å²) in [5, 5.41) is 10.4. The summed E-state index contributed by atoms with van der Waals surface area (Å²) in [7, 11) is 0. The molecule has 0 radical (unpaired) electrons. The number of nitrogens with one attached hydrogen (secondary N) is 1. The quantitative estimate of drug-likeness (QED) is 0.888. The zero-order chi connectivity index (χ0) is 17.0. The van der Waals surface area contributed by atoms with E-state index in [4.69, 9.17) is 0 Å². The zero-order valence-corrected chi connectivity index (χ0v) is 13.7. The summed E-state index contributed by atoms with van der Waals surface area (Å²) in [4.78, 5) is 28.2. The van der Waals surface area contributed by atoms with E-state index in [-0.39, 0.29) is 18.0 Å². The van der Waals surface area contributed by atoms with Crippen LogP contribution in [0.15, 0.2) is 41.2 Å². The van der Waals surface area contributed by atoms with Crippen molar-refractivity contribution < 1.29 is 9.90 Å². The van der Waals surface area contributed by atoms with Gasteiger partial charge in [0.15, 0.2) is 0 Å². The summed E-state index contributed by atoms with van der Waals surface area (Å²) in [6, 6.07) is 10.5. The van der Waals surface area contributed by atoms with Gasteiger partial charge in [-0.1, -0.05) is 29.8 Å². The van der Waals surface area contributed by atoms with Gasteiger partial charge in [0.2, 0.25) is 5.56 Å². The second kappa shape index (κ2) is 7.24. The fourth-order valence-electron chi connectivity index (χ4n) is 2.45. The molecule has 0 aliphatic carbocycles. The number of H-pyrrole nitrogens is 1. The van der Waals surface area contributed by atoms with Crippen LogP contribution in [0.5, 0.6) is 0 Å². The van der Waals surface area contributed by atoms with Gasteiger partial charge in [-0.3, -0.25) is 9.59 Å². The maximum Gasteiger partial charge on any atom is 0.254 e.